The molecular weight excluding hydrogens is 234 g/mol. The smallest absolute Gasteiger partial charge is 0.0672 e. The molecular formula is C16H21N3. The van der Waals surface area contributed by atoms with Gasteiger partial charge in [0.15, 0.2) is 0 Å². The predicted octanol–water partition coefficient (Wildman–Crippen LogP) is 2.46. The third-order valence-corrected chi connectivity index (χ3v) is 4.52. The molecule has 1 aliphatic carbocycles. The largest absolute Gasteiger partial charge is 0.374 e. The molecule has 2 atom stereocenters. The van der Waals surface area contributed by atoms with Crippen molar-refractivity contribution in [3.8, 4) is 6.07 Å². The highest BCUT2D eigenvalue weighted by Gasteiger charge is 2.26. The number of benzene rings is 1. The van der Waals surface area contributed by atoms with E-state index in [-0.39, 0.29) is 5.92 Å². The number of hydrogen-bond donors (Lipinski definition) is 1. The molecule has 100 valence electrons. The number of likely N-dealkylation sites (N-methyl/N-ethyl adjacent to an activating group) is 1. The van der Waals surface area contributed by atoms with Gasteiger partial charge in [-0.15, -0.1) is 0 Å². The summed E-state index contributed by atoms with van der Waals surface area (Å²) in [5.74, 6) is 0.209. The summed E-state index contributed by atoms with van der Waals surface area (Å²) in [5.41, 5.74) is 4.18. The van der Waals surface area contributed by atoms with Crippen LogP contribution in [0.3, 0.4) is 0 Å². The number of fused-ring (bicyclic) bond motifs is 1. The summed E-state index contributed by atoms with van der Waals surface area (Å²) in [6, 6.07) is 9.58. The van der Waals surface area contributed by atoms with Crippen LogP contribution in [0.15, 0.2) is 18.2 Å². The summed E-state index contributed by atoms with van der Waals surface area (Å²) in [5, 5.41) is 12.7. The normalized spacial score (nSPS) is 25.4. The van der Waals surface area contributed by atoms with Crippen molar-refractivity contribution in [1.82, 2.24) is 5.32 Å². The molecule has 1 fully saturated rings. The molecule has 2 unspecified atom stereocenters. The Kier molecular flexibility index (Phi) is 3.44. The summed E-state index contributed by atoms with van der Waals surface area (Å²) < 4.78 is 0. The van der Waals surface area contributed by atoms with Gasteiger partial charge in [0.2, 0.25) is 0 Å². The number of hydrogen-bond acceptors (Lipinski definition) is 3. The molecule has 1 heterocycles. The minimum atomic E-state index is 0.209. The number of nitrogens with zero attached hydrogens (tertiary/aromatic N) is 2. The van der Waals surface area contributed by atoms with Crippen molar-refractivity contribution in [2.24, 2.45) is 5.92 Å². The first-order chi connectivity index (χ1) is 9.28. The van der Waals surface area contributed by atoms with Crippen LogP contribution in [-0.2, 0) is 13.0 Å². The van der Waals surface area contributed by atoms with E-state index in [1.807, 2.05) is 0 Å². The summed E-state index contributed by atoms with van der Waals surface area (Å²) in [4.78, 5) is 2.31. The minimum absolute atomic E-state index is 0.209. The lowest BCUT2D eigenvalue weighted by Gasteiger charge is -2.16. The monoisotopic (exact) mass is 255 g/mol. The minimum Gasteiger partial charge on any atom is -0.374 e. The average Bonchev–Trinajstić information content (AvgIpc) is 3.03. The van der Waals surface area contributed by atoms with Gasteiger partial charge in [-0.1, -0.05) is 18.6 Å². The van der Waals surface area contributed by atoms with Crippen LogP contribution in [0.2, 0.25) is 0 Å². The van der Waals surface area contributed by atoms with Gasteiger partial charge in [0.25, 0.3) is 0 Å². The lowest BCUT2D eigenvalue weighted by molar-refractivity contribution is 0.464. The quantitative estimate of drug-likeness (QED) is 0.901. The highest BCUT2D eigenvalue weighted by molar-refractivity contribution is 5.58. The number of rotatable bonds is 3. The second kappa shape index (κ2) is 5.22. The van der Waals surface area contributed by atoms with Crippen LogP contribution in [0.1, 0.15) is 30.4 Å². The van der Waals surface area contributed by atoms with Crippen molar-refractivity contribution in [2.45, 2.75) is 38.3 Å². The second-order valence-corrected chi connectivity index (χ2v) is 5.79. The predicted molar refractivity (Wildman–Crippen MR) is 77.0 cm³/mol. The van der Waals surface area contributed by atoms with Crippen molar-refractivity contribution in [2.75, 3.05) is 18.5 Å². The van der Waals surface area contributed by atoms with Crippen LogP contribution in [0.4, 0.5) is 5.69 Å². The molecule has 0 spiro atoms. The van der Waals surface area contributed by atoms with E-state index in [4.69, 9.17) is 5.26 Å². The van der Waals surface area contributed by atoms with Gasteiger partial charge in [0, 0.05) is 31.9 Å². The first-order valence-corrected chi connectivity index (χ1v) is 7.24. The molecule has 0 saturated heterocycles. The fourth-order valence-corrected chi connectivity index (χ4v) is 3.34. The topological polar surface area (TPSA) is 39.1 Å². The summed E-state index contributed by atoms with van der Waals surface area (Å²) in [6.45, 7) is 2.02. The third kappa shape index (κ3) is 2.46. The van der Waals surface area contributed by atoms with Crippen molar-refractivity contribution < 1.29 is 0 Å². The van der Waals surface area contributed by atoms with Crippen molar-refractivity contribution >= 4 is 5.69 Å². The zero-order chi connectivity index (χ0) is 13.2. The van der Waals surface area contributed by atoms with Gasteiger partial charge in [-0.3, -0.25) is 0 Å². The first kappa shape index (κ1) is 12.5. The Hall–Kier alpha value is -1.53. The van der Waals surface area contributed by atoms with E-state index < -0.39 is 0 Å². The molecule has 1 saturated carbocycles. The highest BCUT2D eigenvalue weighted by Crippen LogP contribution is 2.28. The van der Waals surface area contributed by atoms with Crippen LogP contribution >= 0.6 is 0 Å². The molecule has 3 rings (SSSR count). The van der Waals surface area contributed by atoms with Crippen LogP contribution in [0.5, 0.6) is 0 Å². The summed E-state index contributed by atoms with van der Waals surface area (Å²) in [6.07, 6.45) is 4.55. The molecule has 2 aliphatic rings. The Bertz CT molecular complexity index is 503. The zero-order valence-corrected chi connectivity index (χ0v) is 11.5. The second-order valence-electron chi connectivity index (χ2n) is 5.79. The molecule has 0 radical (unpaired) electrons. The number of nitriles is 1. The fraction of sp³-hybridized carbons (Fsp3) is 0.562. The maximum absolute atomic E-state index is 9.09. The molecule has 0 aromatic heterocycles. The number of anilines is 1. The average molecular weight is 255 g/mol. The maximum Gasteiger partial charge on any atom is 0.0672 e. The zero-order valence-electron chi connectivity index (χ0n) is 11.5. The van der Waals surface area contributed by atoms with Gasteiger partial charge in [0.05, 0.1) is 12.0 Å². The molecule has 1 aromatic rings. The van der Waals surface area contributed by atoms with Gasteiger partial charge in [-0.2, -0.15) is 5.26 Å². The van der Waals surface area contributed by atoms with Crippen LogP contribution in [0, 0.1) is 17.2 Å². The van der Waals surface area contributed by atoms with Crippen molar-refractivity contribution in [3.05, 3.63) is 29.3 Å². The molecule has 3 nitrogen and oxygen atoms in total. The van der Waals surface area contributed by atoms with E-state index >= 15 is 0 Å². The Labute approximate surface area is 115 Å². The summed E-state index contributed by atoms with van der Waals surface area (Å²) >= 11 is 0. The SMILES string of the molecule is CN1CCc2cc(CNC3CCCC3C#N)ccc21. The van der Waals surface area contributed by atoms with E-state index in [0.29, 0.717) is 6.04 Å². The third-order valence-electron chi connectivity index (χ3n) is 4.52. The van der Waals surface area contributed by atoms with Gasteiger partial charge >= 0.3 is 0 Å². The Morgan fingerprint density at radius 1 is 1.42 bits per heavy atom. The molecule has 1 aromatic carbocycles. The maximum atomic E-state index is 9.09. The number of nitrogens with one attached hydrogen (secondary N) is 1. The first-order valence-electron chi connectivity index (χ1n) is 7.24. The van der Waals surface area contributed by atoms with Gasteiger partial charge < -0.3 is 10.2 Å². The van der Waals surface area contributed by atoms with Crippen LogP contribution in [-0.4, -0.2) is 19.6 Å². The van der Waals surface area contributed by atoms with E-state index in [0.717, 1.165) is 32.4 Å². The molecule has 0 amide bonds. The van der Waals surface area contributed by atoms with Crippen molar-refractivity contribution in [1.29, 1.82) is 5.26 Å². The van der Waals surface area contributed by atoms with E-state index in [9.17, 15) is 0 Å². The van der Waals surface area contributed by atoms with Gasteiger partial charge in [0.1, 0.15) is 0 Å². The summed E-state index contributed by atoms with van der Waals surface area (Å²) in [7, 11) is 2.15. The Balaban J connectivity index is 1.63. The lowest BCUT2D eigenvalue weighted by Crippen LogP contribution is -2.31. The van der Waals surface area contributed by atoms with Gasteiger partial charge in [-0.05, 0) is 36.5 Å². The van der Waals surface area contributed by atoms with E-state index in [1.54, 1.807) is 0 Å². The Morgan fingerprint density at radius 2 is 2.32 bits per heavy atom. The van der Waals surface area contributed by atoms with Crippen LogP contribution in [0.25, 0.3) is 0 Å². The molecule has 0 bridgehead atoms. The highest BCUT2D eigenvalue weighted by atomic mass is 15.1. The van der Waals surface area contributed by atoms with Gasteiger partial charge in [-0.25, -0.2) is 0 Å². The molecule has 3 heteroatoms. The molecule has 1 aliphatic heterocycles. The van der Waals surface area contributed by atoms with Crippen LogP contribution < -0.4 is 10.2 Å². The lowest BCUT2D eigenvalue weighted by atomic mass is 10.0. The van der Waals surface area contributed by atoms with E-state index in [2.05, 4.69) is 41.5 Å². The molecule has 19 heavy (non-hydrogen) atoms. The standard InChI is InChI=1S/C16H21N3/c1-19-8-7-13-9-12(5-6-16(13)19)11-18-15-4-2-3-14(15)10-17/h5-6,9,14-15,18H,2-4,7-8,11H2,1H3. The van der Waals surface area contributed by atoms with Crippen molar-refractivity contribution in [3.63, 3.8) is 0 Å². The Morgan fingerprint density at radius 3 is 3.16 bits per heavy atom. The molecule has 1 N–H and O–H groups in total. The van der Waals surface area contributed by atoms with E-state index in [1.165, 1.54) is 23.2 Å². The fourth-order valence-electron chi connectivity index (χ4n) is 3.34.